The van der Waals surface area contributed by atoms with Crippen molar-refractivity contribution in [2.75, 3.05) is 4.90 Å². The van der Waals surface area contributed by atoms with Crippen LogP contribution in [0.15, 0.2) is 24.3 Å². The largest absolute Gasteiger partial charge is 0.480 e. The van der Waals surface area contributed by atoms with Gasteiger partial charge in [-0.25, -0.2) is 14.5 Å². The van der Waals surface area contributed by atoms with Gasteiger partial charge in [0.25, 0.3) is 5.91 Å². The first-order chi connectivity index (χ1) is 12.2. The van der Waals surface area contributed by atoms with Crippen molar-refractivity contribution in [1.82, 2.24) is 10.6 Å². The molecule has 26 heavy (non-hydrogen) atoms. The fourth-order valence-corrected chi connectivity index (χ4v) is 2.72. The summed E-state index contributed by atoms with van der Waals surface area (Å²) in [6, 6.07) is 3.82. The van der Waals surface area contributed by atoms with Gasteiger partial charge in [0.15, 0.2) is 0 Å². The van der Waals surface area contributed by atoms with Gasteiger partial charge in [-0.15, -0.1) is 0 Å². The molecule has 2 rings (SSSR count). The van der Waals surface area contributed by atoms with Crippen LogP contribution in [-0.2, 0) is 14.4 Å². The molecule has 0 saturated carbocycles. The highest BCUT2D eigenvalue weighted by atomic mass is 35.5. The molecule has 1 fully saturated rings. The number of imide groups is 1. The van der Waals surface area contributed by atoms with E-state index in [0.717, 1.165) is 4.90 Å². The molecular weight excluding hydrogens is 362 g/mol. The van der Waals surface area contributed by atoms with Crippen molar-refractivity contribution in [3.05, 3.63) is 29.3 Å². The van der Waals surface area contributed by atoms with E-state index in [4.69, 9.17) is 16.7 Å². The van der Waals surface area contributed by atoms with Crippen molar-refractivity contribution in [2.45, 2.75) is 38.8 Å². The van der Waals surface area contributed by atoms with Gasteiger partial charge >= 0.3 is 12.0 Å². The maximum atomic E-state index is 12.4. The number of urea groups is 1. The minimum absolute atomic E-state index is 0.0743. The lowest BCUT2D eigenvalue weighted by Crippen LogP contribution is -2.44. The number of carbonyl (C=O) groups is 4. The summed E-state index contributed by atoms with van der Waals surface area (Å²) in [7, 11) is 0. The Bertz CT molecular complexity index is 720. The summed E-state index contributed by atoms with van der Waals surface area (Å²) >= 11 is 5.80. The number of carbonyl (C=O) groups excluding carboxylic acids is 3. The Labute approximate surface area is 155 Å². The van der Waals surface area contributed by atoms with Crippen LogP contribution in [0.5, 0.6) is 0 Å². The summed E-state index contributed by atoms with van der Waals surface area (Å²) in [4.78, 5) is 48.6. The lowest BCUT2D eigenvalue weighted by atomic mass is 10.0. The van der Waals surface area contributed by atoms with E-state index in [1.807, 2.05) is 0 Å². The van der Waals surface area contributed by atoms with Gasteiger partial charge in [0, 0.05) is 11.4 Å². The van der Waals surface area contributed by atoms with Gasteiger partial charge in [-0.05, 0) is 36.6 Å². The van der Waals surface area contributed by atoms with Gasteiger partial charge in [0.05, 0.1) is 5.69 Å². The molecule has 3 N–H and O–H groups in total. The maximum Gasteiger partial charge on any atom is 0.329 e. The number of nitrogens with one attached hydrogen (secondary N) is 2. The second kappa shape index (κ2) is 8.18. The molecular formula is C17H20ClN3O5. The van der Waals surface area contributed by atoms with Crippen LogP contribution in [0.1, 0.15) is 26.7 Å². The monoisotopic (exact) mass is 381 g/mol. The molecule has 140 valence electrons. The van der Waals surface area contributed by atoms with Gasteiger partial charge in [0.2, 0.25) is 5.91 Å². The molecule has 1 aromatic rings. The van der Waals surface area contributed by atoms with Crippen LogP contribution < -0.4 is 15.5 Å². The van der Waals surface area contributed by atoms with E-state index in [1.54, 1.807) is 38.1 Å². The Hall–Kier alpha value is -2.61. The average Bonchev–Trinajstić information content (AvgIpc) is 2.85. The Morgan fingerprint density at radius 2 is 1.88 bits per heavy atom. The quantitative estimate of drug-likeness (QED) is 0.622. The molecule has 1 aliphatic rings. The predicted molar refractivity (Wildman–Crippen MR) is 94.9 cm³/mol. The first kappa shape index (κ1) is 19.7. The van der Waals surface area contributed by atoms with Crippen molar-refractivity contribution >= 4 is 41.1 Å². The molecule has 0 aliphatic carbocycles. The predicted octanol–water partition coefficient (Wildman–Crippen LogP) is 1.77. The van der Waals surface area contributed by atoms with Crippen molar-refractivity contribution in [3.8, 4) is 0 Å². The maximum absolute atomic E-state index is 12.4. The molecule has 9 heteroatoms. The lowest BCUT2D eigenvalue weighted by molar-refractivity contribution is -0.143. The summed E-state index contributed by atoms with van der Waals surface area (Å²) < 4.78 is 0. The molecule has 1 aliphatic heterocycles. The van der Waals surface area contributed by atoms with E-state index in [-0.39, 0.29) is 18.8 Å². The molecule has 8 nitrogen and oxygen atoms in total. The Morgan fingerprint density at radius 3 is 2.42 bits per heavy atom. The topological polar surface area (TPSA) is 116 Å². The van der Waals surface area contributed by atoms with E-state index in [9.17, 15) is 19.2 Å². The van der Waals surface area contributed by atoms with E-state index < -0.39 is 35.9 Å². The minimum Gasteiger partial charge on any atom is -0.480 e. The van der Waals surface area contributed by atoms with Crippen molar-refractivity contribution in [1.29, 1.82) is 0 Å². The van der Waals surface area contributed by atoms with Crippen LogP contribution in [0, 0.1) is 5.92 Å². The number of anilines is 1. The second-order valence-corrected chi connectivity index (χ2v) is 6.75. The lowest BCUT2D eigenvalue weighted by Gasteiger charge is -2.18. The normalized spacial score (nSPS) is 18.0. The van der Waals surface area contributed by atoms with Crippen LogP contribution in [0.3, 0.4) is 0 Å². The summed E-state index contributed by atoms with van der Waals surface area (Å²) in [6.45, 7) is 3.37. The fraction of sp³-hybridized carbons (Fsp3) is 0.412. The number of carboxylic acid groups (broad SMARTS) is 1. The minimum atomic E-state index is -1.12. The number of benzene rings is 1. The summed E-state index contributed by atoms with van der Waals surface area (Å²) in [5.41, 5.74) is 0.384. The third kappa shape index (κ3) is 4.51. The third-order valence-electron chi connectivity index (χ3n) is 4.01. The van der Waals surface area contributed by atoms with Crippen molar-refractivity contribution in [3.63, 3.8) is 0 Å². The molecule has 1 aromatic carbocycles. The first-order valence-electron chi connectivity index (χ1n) is 8.13. The molecule has 0 radical (unpaired) electrons. The molecule has 2 atom stereocenters. The van der Waals surface area contributed by atoms with Gasteiger partial charge in [-0.1, -0.05) is 25.4 Å². The molecule has 1 saturated heterocycles. The number of carboxylic acids is 1. The zero-order valence-electron chi connectivity index (χ0n) is 14.4. The number of hydrogen-bond donors (Lipinski definition) is 3. The zero-order chi connectivity index (χ0) is 19.4. The van der Waals surface area contributed by atoms with Crippen LogP contribution >= 0.6 is 11.6 Å². The molecule has 0 aromatic heterocycles. The van der Waals surface area contributed by atoms with E-state index in [1.165, 1.54) is 0 Å². The van der Waals surface area contributed by atoms with Crippen LogP contribution in [0.2, 0.25) is 5.02 Å². The summed E-state index contributed by atoms with van der Waals surface area (Å²) in [6.07, 6.45) is -0.00737. The van der Waals surface area contributed by atoms with E-state index >= 15 is 0 Å². The Morgan fingerprint density at radius 1 is 1.27 bits per heavy atom. The average molecular weight is 382 g/mol. The van der Waals surface area contributed by atoms with Gasteiger partial charge in [0.1, 0.15) is 12.1 Å². The van der Waals surface area contributed by atoms with E-state index in [0.29, 0.717) is 10.7 Å². The van der Waals surface area contributed by atoms with Crippen LogP contribution in [0.25, 0.3) is 0 Å². The first-order valence-corrected chi connectivity index (χ1v) is 8.50. The van der Waals surface area contributed by atoms with Crippen molar-refractivity contribution < 1.29 is 24.3 Å². The number of amides is 4. The standard InChI is InChI=1S/C17H20ClN3O5/c1-9(2)14(16(24)25)20-13(22)8-7-12-15(23)21(17(26)19-12)11-5-3-10(18)4-6-11/h3-6,9,12,14H,7-8H2,1-2H3,(H,19,26)(H,20,22)(H,24,25)/t12?,14-/m1/s1. The summed E-state index contributed by atoms with van der Waals surface area (Å²) in [5.74, 6) is -2.35. The fourth-order valence-electron chi connectivity index (χ4n) is 2.60. The highest BCUT2D eigenvalue weighted by molar-refractivity contribution is 6.30. The molecule has 1 heterocycles. The Kier molecular flexibility index (Phi) is 6.20. The highest BCUT2D eigenvalue weighted by Crippen LogP contribution is 2.23. The van der Waals surface area contributed by atoms with Gasteiger partial charge in [-0.3, -0.25) is 9.59 Å². The molecule has 0 bridgehead atoms. The number of halogens is 1. The number of nitrogens with zero attached hydrogens (tertiary/aromatic N) is 1. The van der Waals surface area contributed by atoms with Crippen LogP contribution in [-0.4, -0.2) is 41.0 Å². The highest BCUT2D eigenvalue weighted by Gasteiger charge is 2.39. The van der Waals surface area contributed by atoms with Gasteiger partial charge in [-0.2, -0.15) is 0 Å². The number of hydrogen-bond acceptors (Lipinski definition) is 4. The number of aliphatic carboxylic acids is 1. The molecule has 1 unspecified atom stereocenters. The third-order valence-corrected chi connectivity index (χ3v) is 4.27. The Balaban J connectivity index is 1.95. The number of rotatable bonds is 7. The van der Waals surface area contributed by atoms with E-state index in [2.05, 4.69) is 10.6 Å². The van der Waals surface area contributed by atoms with Crippen LogP contribution in [0.4, 0.5) is 10.5 Å². The van der Waals surface area contributed by atoms with Gasteiger partial charge < -0.3 is 15.7 Å². The molecule has 0 spiro atoms. The molecule has 4 amide bonds. The SMILES string of the molecule is CC(C)[C@@H](NC(=O)CCC1NC(=O)N(c2ccc(Cl)cc2)C1=O)C(=O)O. The smallest absolute Gasteiger partial charge is 0.329 e. The zero-order valence-corrected chi connectivity index (χ0v) is 15.1. The second-order valence-electron chi connectivity index (χ2n) is 6.32. The summed E-state index contributed by atoms with van der Waals surface area (Å²) in [5, 5.41) is 14.5. The van der Waals surface area contributed by atoms with Crippen molar-refractivity contribution in [2.24, 2.45) is 5.92 Å².